The number of aromatic nitrogens is 2. The highest BCUT2D eigenvalue weighted by Gasteiger charge is 2.17. The van der Waals surface area contributed by atoms with Crippen molar-refractivity contribution >= 4 is 29.3 Å². The minimum absolute atomic E-state index is 0.0657. The molecular weight excluding hydrogens is 329 g/mol. The predicted molar refractivity (Wildman–Crippen MR) is 82.8 cm³/mol. The number of halogens is 2. The fraction of sp³-hybridized carbons (Fsp3) is 0.357. The minimum Gasteiger partial charge on any atom is -0.444 e. The number of alkyl carbamates (subject to hydrolysis) is 1. The van der Waals surface area contributed by atoms with Gasteiger partial charge in [0.15, 0.2) is 0 Å². The summed E-state index contributed by atoms with van der Waals surface area (Å²) in [6.45, 7) is 5.40. The number of hydrogen-bond donors (Lipinski definition) is 1. The molecule has 0 aliphatic heterocycles. The van der Waals surface area contributed by atoms with E-state index in [1.54, 1.807) is 39.0 Å². The topological polar surface area (TPSA) is 77.2 Å². The van der Waals surface area contributed by atoms with Crippen LogP contribution in [-0.4, -0.2) is 21.8 Å². The van der Waals surface area contributed by atoms with Crippen LogP contribution in [0.3, 0.4) is 0 Å². The van der Waals surface area contributed by atoms with Gasteiger partial charge in [-0.15, -0.1) is 0 Å². The monoisotopic (exact) mass is 343 g/mol. The zero-order chi connectivity index (χ0) is 16.3. The van der Waals surface area contributed by atoms with Gasteiger partial charge in [-0.05, 0) is 39.0 Å². The quantitative estimate of drug-likeness (QED) is 0.908. The molecule has 1 heterocycles. The Morgan fingerprint density at radius 3 is 2.50 bits per heavy atom. The van der Waals surface area contributed by atoms with E-state index in [9.17, 15) is 4.79 Å². The molecule has 1 amide bonds. The van der Waals surface area contributed by atoms with Crippen LogP contribution >= 0.6 is 23.2 Å². The summed E-state index contributed by atoms with van der Waals surface area (Å²) in [5.74, 6) is 0.586. The number of carbonyl (C=O) groups excluding carboxylic acids is 1. The van der Waals surface area contributed by atoms with Gasteiger partial charge in [-0.3, -0.25) is 0 Å². The molecule has 1 N–H and O–H groups in total. The first-order chi connectivity index (χ1) is 10.2. The van der Waals surface area contributed by atoms with E-state index in [1.165, 1.54) is 0 Å². The summed E-state index contributed by atoms with van der Waals surface area (Å²) in [5.41, 5.74) is 0.0616. The molecule has 0 spiro atoms. The number of ether oxygens (including phenoxy) is 1. The summed E-state index contributed by atoms with van der Waals surface area (Å²) in [5, 5.41) is 7.30. The van der Waals surface area contributed by atoms with Crippen molar-refractivity contribution in [3.63, 3.8) is 0 Å². The van der Waals surface area contributed by atoms with Crippen LogP contribution in [0.1, 0.15) is 26.7 Å². The summed E-state index contributed by atoms with van der Waals surface area (Å²) in [4.78, 5) is 15.7. The van der Waals surface area contributed by atoms with Crippen LogP contribution in [0.25, 0.3) is 11.4 Å². The van der Waals surface area contributed by atoms with Crippen molar-refractivity contribution in [2.75, 3.05) is 0 Å². The molecule has 0 saturated carbocycles. The lowest BCUT2D eigenvalue weighted by Gasteiger charge is -2.19. The maximum absolute atomic E-state index is 11.5. The molecule has 0 aliphatic carbocycles. The standard InChI is InChI=1S/C14H15Cl2N3O3/c1-14(2,3)21-13(20)17-7-11-18-12(19-22-11)8-4-9(15)6-10(16)5-8/h4-6H,7H2,1-3H3,(H,17,20). The van der Waals surface area contributed by atoms with E-state index >= 15 is 0 Å². The third-order valence-electron chi connectivity index (χ3n) is 2.37. The maximum atomic E-state index is 11.5. The van der Waals surface area contributed by atoms with Crippen molar-refractivity contribution in [1.82, 2.24) is 15.5 Å². The van der Waals surface area contributed by atoms with Gasteiger partial charge in [0, 0.05) is 15.6 Å². The van der Waals surface area contributed by atoms with Crippen LogP contribution in [0.15, 0.2) is 22.7 Å². The summed E-state index contributed by atoms with van der Waals surface area (Å²) < 4.78 is 10.2. The second kappa shape index (κ2) is 6.54. The molecule has 0 bridgehead atoms. The van der Waals surface area contributed by atoms with Crippen LogP contribution in [0.4, 0.5) is 4.79 Å². The lowest BCUT2D eigenvalue weighted by Crippen LogP contribution is -2.32. The number of hydrogen-bond acceptors (Lipinski definition) is 5. The Labute approximate surface area is 137 Å². The molecule has 0 atom stereocenters. The van der Waals surface area contributed by atoms with Gasteiger partial charge in [0.2, 0.25) is 11.7 Å². The van der Waals surface area contributed by atoms with Gasteiger partial charge in [0.1, 0.15) is 12.1 Å². The predicted octanol–water partition coefficient (Wildman–Crippen LogP) is 4.07. The molecule has 0 fully saturated rings. The first-order valence-electron chi connectivity index (χ1n) is 6.49. The molecule has 118 valence electrons. The van der Waals surface area contributed by atoms with E-state index < -0.39 is 11.7 Å². The molecule has 0 aliphatic rings. The van der Waals surface area contributed by atoms with Gasteiger partial charge in [0.25, 0.3) is 0 Å². The molecule has 1 aromatic carbocycles. The maximum Gasteiger partial charge on any atom is 0.408 e. The van der Waals surface area contributed by atoms with Crippen LogP contribution < -0.4 is 5.32 Å². The van der Waals surface area contributed by atoms with E-state index in [4.69, 9.17) is 32.5 Å². The van der Waals surface area contributed by atoms with Crippen molar-refractivity contribution in [2.45, 2.75) is 32.9 Å². The van der Waals surface area contributed by atoms with Crippen molar-refractivity contribution in [3.8, 4) is 11.4 Å². The first-order valence-corrected chi connectivity index (χ1v) is 7.24. The summed E-state index contributed by atoms with van der Waals surface area (Å²) in [6.07, 6.45) is -0.557. The lowest BCUT2D eigenvalue weighted by molar-refractivity contribution is 0.0518. The molecular formula is C14H15Cl2N3O3. The van der Waals surface area contributed by atoms with Crippen molar-refractivity contribution in [3.05, 3.63) is 34.1 Å². The Kier molecular flexibility index (Phi) is 4.93. The zero-order valence-corrected chi connectivity index (χ0v) is 13.8. The second-order valence-electron chi connectivity index (χ2n) is 5.53. The number of rotatable bonds is 3. The van der Waals surface area contributed by atoms with Crippen molar-refractivity contribution in [1.29, 1.82) is 0 Å². The summed E-state index contributed by atoms with van der Waals surface area (Å²) in [6, 6.07) is 4.95. The van der Waals surface area contributed by atoms with E-state index in [2.05, 4.69) is 15.5 Å². The second-order valence-corrected chi connectivity index (χ2v) is 6.40. The molecule has 0 unspecified atom stereocenters. The number of carbonyl (C=O) groups is 1. The third-order valence-corrected chi connectivity index (χ3v) is 2.81. The first kappa shape index (κ1) is 16.6. The SMILES string of the molecule is CC(C)(C)OC(=O)NCc1nc(-c2cc(Cl)cc(Cl)c2)no1. The molecule has 8 heteroatoms. The van der Waals surface area contributed by atoms with E-state index in [0.29, 0.717) is 21.4 Å². The fourth-order valence-electron chi connectivity index (χ4n) is 1.59. The Balaban J connectivity index is 2.01. The summed E-state index contributed by atoms with van der Waals surface area (Å²) in [7, 11) is 0. The van der Waals surface area contributed by atoms with Gasteiger partial charge in [-0.25, -0.2) is 4.79 Å². The van der Waals surface area contributed by atoms with E-state index in [-0.39, 0.29) is 12.4 Å². The number of amides is 1. The highest BCUT2D eigenvalue weighted by molar-refractivity contribution is 6.35. The van der Waals surface area contributed by atoms with Crippen molar-refractivity contribution < 1.29 is 14.1 Å². The Morgan fingerprint density at radius 1 is 1.27 bits per heavy atom. The largest absolute Gasteiger partial charge is 0.444 e. The van der Waals surface area contributed by atoms with E-state index in [1.807, 2.05) is 0 Å². The van der Waals surface area contributed by atoms with Gasteiger partial charge in [-0.2, -0.15) is 4.98 Å². The number of nitrogens with one attached hydrogen (secondary N) is 1. The highest BCUT2D eigenvalue weighted by atomic mass is 35.5. The molecule has 2 rings (SSSR count). The van der Waals surface area contributed by atoms with Gasteiger partial charge >= 0.3 is 6.09 Å². The normalized spacial score (nSPS) is 11.3. The number of nitrogens with zero attached hydrogens (tertiary/aromatic N) is 2. The van der Waals surface area contributed by atoms with Crippen LogP contribution in [0.2, 0.25) is 10.0 Å². The molecule has 1 aromatic heterocycles. The lowest BCUT2D eigenvalue weighted by atomic mass is 10.2. The van der Waals surface area contributed by atoms with Crippen LogP contribution in [-0.2, 0) is 11.3 Å². The minimum atomic E-state index is -0.568. The van der Waals surface area contributed by atoms with Gasteiger partial charge in [0.05, 0.1) is 0 Å². The van der Waals surface area contributed by atoms with Gasteiger partial charge < -0.3 is 14.6 Å². The Morgan fingerprint density at radius 2 is 1.91 bits per heavy atom. The average Bonchev–Trinajstić information content (AvgIpc) is 2.82. The summed E-state index contributed by atoms with van der Waals surface area (Å²) >= 11 is 11.9. The number of benzene rings is 1. The van der Waals surface area contributed by atoms with Gasteiger partial charge in [-0.1, -0.05) is 28.4 Å². The highest BCUT2D eigenvalue weighted by Crippen LogP contribution is 2.25. The molecule has 0 radical (unpaired) electrons. The molecule has 2 aromatic rings. The van der Waals surface area contributed by atoms with Crippen LogP contribution in [0.5, 0.6) is 0 Å². The molecule has 0 saturated heterocycles. The average molecular weight is 344 g/mol. The Hall–Kier alpha value is -1.79. The zero-order valence-electron chi connectivity index (χ0n) is 12.3. The fourth-order valence-corrected chi connectivity index (χ4v) is 2.11. The smallest absolute Gasteiger partial charge is 0.408 e. The molecule has 22 heavy (non-hydrogen) atoms. The van der Waals surface area contributed by atoms with Crippen LogP contribution in [0, 0.1) is 0 Å². The Bertz CT molecular complexity index is 660. The molecule has 6 nitrogen and oxygen atoms in total. The van der Waals surface area contributed by atoms with E-state index in [0.717, 1.165) is 0 Å². The van der Waals surface area contributed by atoms with Crippen molar-refractivity contribution in [2.24, 2.45) is 0 Å². The third kappa shape index (κ3) is 4.89.